The van der Waals surface area contributed by atoms with E-state index >= 15 is 0 Å². The maximum absolute atomic E-state index is 4.00. The van der Waals surface area contributed by atoms with Crippen molar-refractivity contribution in [3.05, 3.63) is 36.9 Å². The second kappa shape index (κ2) is 5.36. The van der Waals surface area contributed by atoms with Gasteiger partial charge in [0, 0.05) is 18.1 Å². The maximum Gasteiger partial charge on any atom is 0.0989 e. The molecule has 13 heavy (non-hydrogen) atoms. The molecule has 0 amide bonds. The van der Waals surface area contributed by atoms with Crippen molar-refractivity contribution in [2.24, 2.45) is 0 Å². The Kier molecular flexibility index (Phi) is 4.03. The minimum Gasteiger partial charge on any atom is -0.310 e. The lowest BCUT2D eigenvalue weighted by atomic mass is 10.1. The van der Waals surface area contributed by atoms with E-state index in [0.29, 0.717) is 0 Å². The summed E-state index contributed by atoms with van der Waals surface area (Å²) in [5, 5.41) is 0. The molecule has 1 aromatic heterocycles. The van der Waals surface area contributed by atoms with Crippen LogP contribution < -0.4 is 0 Å². The van der Waals surface area contributed by atoms with Gasteiger partial charge in [0.05, 0.1) is 6.33 Å². The second-order valence-corrected chi connectivity index (χ2v) is 2.59. The van der Waals surface area contributed by atoms with Crippen LogP contribution in [0.5, 0.6) is 0 Å². The van der Waals surface area contributed by atoms with E-state index in [0.717, 1.165) is 12.8 Å². The standard InChI is InChI=1S/C9H10N2.C2H6/c1-2-4-9(5-3-1)11-7-6-10-8-11;1-2/h1-2,4,6-8H,3,5H2;1-2H3. The van der Waals surface area contributed by atoms with Crippen LogP contribution in [-0.4, -0.2) is 9.55 Å². The maximum atomic E-state index is 4.00. The van der Waals surface area contributed by atoms with Crippen molar-refractivity contribution in [3.8, 4) is 0 Å². The summed E-state index contributed by atoms with van der Waals surface area (Å²) in [6, 6.07) is 0. The quantitative estimate of drug-likeness (QED) is 0.643. The Morgan fingerprint density at radius 1 is 1.38 bits per heavy atom. The van der Waals surface area contributed by atoms with Gasteiger partial charge < -0.3 is 4.57 Å². The van der Waals surface area contributed by atoms with Crippen molar-refractivity contribution in [3.63, 3.8) is 0 Å². The molecule has 0 N–H and O–H groups in total. The molecule has 0 spiro atoms. The predicted octanol–water partition coefficient (Wildman–Crippen LogP) is 3.10. The van der Waals surface area contributed by atoms with Crippen molar-refractivity contribution >= 4 is 5.70 Å². The molecule has 0 fully saturated rings. The van der Waals surface area contributed by atoms with Crippen LogP contribution in [0.15, 0.2) is 36.9 Å². The largest absolute Gasteiger partial charge is 0.310 e. The highest BCUT2D eigenvalue weighted by Gasteiger charge is 1.99. The van der Waals surface area contributed by atoms with Gasteiger partial charge in [-0.2, -0.15) is 0 Å². The molecule has 0 atom stereocenters. The number of aromatic nitrogens is 2. The van der Waals surface area contributed by atoms with Gasteiger partial charge in [0.2, 0.25) is 0 Å². The average molecular weight is 176 g/mol. The third-order valence-corrected chi connectivity index (χ3v) is 1.83. The molecule has 0 unspecified atom stereocenters. The molecular weight excluding hydrogens is 160 g/mol. The zero-order valence-corrected chi connectivity index (χ0v) is 8.27. The first kappa shape index (κ1) is 9.78. The van der Waals surface area contributed by atoms with Crippen LogP contribution in [0, 0.1) is 0 Å². The van der Waals surface area contributed by atoms with Gasteiger partial charge in [-0.3, -0.25) is 0 Å². The van der Waals surface area contributed by atoms with Crippen LogP contribution in [0.1, 0.15) is 26.7 Å². The van der Waals surface area contributed by atoms with E-state index in [-0.39, 0.29) is 0 Å². The van der Waals surface area contributed by atoms with Crippen LogP contribution in [0.2, 0.25) is 0 Å². The van der Waals surface area contributed by atoms with E-state index in [9.17, 15) is 0 Å². The summed E-state index contributed by atoms with van der Waals surface area (Å²) in [7, 11) is 0. The highest BCUT2D eigenvalue weighted by molar-refractivity contribution is 5.49. The minimum atomic E-state index is 1.12. The number of hydrogen-bond donors (Lipinski definition) is 0. The highest BCUT2D eigenvalue weighted by Crippen LogP contribution is 2.15. The third-order valence-electron chi connectivity index (χ3n) is 1.83. The van der Waals surface area contributed by atoms with Crippen LogP contribution in [0.25, 0.3) is 5.70 Å². The summed E-state index contributed by atoms with van der Waals surface area (Å²) in [6.45, 7) is 4.00. The van der Waals surface area contributed by atoms with E-state index in [4.69, 9.17) is 0 Å². The molecule has 0 radical (unpaired) electrons. The Morgan fingerprint density at radius 3 is 2.77 bits per heavy atom. The van der Waals surface area contributed by atoms with Gasteiger partial charge in [0.15, 0.2) is 0 Å². The van der Waals surface area contributed by atoms with E-state index in [1.165, 1.54) is 5.70 Å². The summed E-state index contributed by atoms with van der Waals surface area (Å²) < 4.78 is 2.06. The fourth-order valence-corrected chi connectivity index (χ4v) is 1.23. The van der Waals surface area contributed by atoms with Gasteiger partial charge in [-0.15, -0.1) is 0 Å². The lowest BCUT2D eigenvalue weighted by Crippen LogP contribution is -1.94. The van der Waals surface area contributed by atoms with E-state index in [1.807, 2.05) is 26.4 Å². The SMILES string of the molecule is C1=CCCC(n2ccnc2)=C1.CC. The van der Waals surface area contributed by atoms with E-state index < -0.39 is 0 Å². The van der Waals surface area contributed by atoms with Crippen LogP contribution in [-0.2, 0) is 0 Å². The number of rotatable bonds is 1. The Morgan fingerprint density at radius 2 is 2.23 bits per heavy atom. The fourth-order valence-electron chi connectivity index (χ4n) is 1.23. The lowest BCUT2D eigenvalue weighted by Gasteiger charge is -2.08. The van der Waals surface area contributed by atoms with Gasteiger partial charge in [-0.1, -0.05) is 26.0 Å². The first-order valence-electron chi connectivity index (χ1n) is 4.81. The molecule has 70 valence electrons. The van der Waals surface area contributed by atoms with Gasteiger partial charge in [-0.05, 0) is 18.9 Å². The van der Waals surface area contributed by atoms with Gasteiger partial charge >= 0.3 is 0 Å². The van der Waals surface area contributed by atoms with Gasteiger partial charge in [0.25, 0.3) is 0 Å². The highest BCUT2D eigenvalue weighted by atomic mass is 15.0. The topological polar surface area (TPSA) is 17.8 Å². The fraction of sp³-hybridized carbons (Fsp3) is 0.364. The molecule has 0 aromatic carbocycles. The van der Waals surface area contributed by atoms with Gasteiger partial charge in [-0.25, -0.2) is 4.98 Å². The molecule has 2 rings (SSSR count). The summed E-state index contributed by atoms with van der Waals surface area (Å²) in [5.74, 6) is 0. The average Bonchev–Trinajstić information content (AvgIpc) is 2.75. The van der Waals surface area contributed by atoms with Crippen LogP contribution in [0.3, 0.4) is 0 Å². The summed E-state index contributed by atoms with van der Waals surface area (Å²) in [6.07, 6.45) is 14.3. The lowest BCUT2D eigenvalue weighted by molar-refractivity contribution is 0.939. The third kappa shape index (κ3) is 2.58. The Bertz CT molecular complexity index is 281. The predicted molar refractivity (Wildman–Crippen MR) is 56.2 cm³/mol. The molecule has 0 saturated carbocycles. The minimum absolute atomic E-state index is 1.12. The van der Waals surface area contributed by atoms with Crippen LogP contribution in [0.4, 0.5) is 0 Å². The summed E-state index contributed by atoms with van der Waals surface area (Å²) in [4.78, 5) is 4.00. The van der Waals surface area contributed by atoms with E-state index in [1.54, 1.807) is 6.20 Å². The molecule has 2 nitrogen and oxygen atoms in total. The number of hydrogen-bond acceptors (Lipinski definition) is 1. The molecule has 0 saturated heterocycles. The van der Waals surface area contributed by atoms with Crippen LogP contribution >= 0.6 is 0 Å². The Labute approximate surface area is 79.6 Å². The molecule has 1 aliphatic carbocycles. The normalized spacial score (nSPS) is 14.5. The molecule has 1 aliphatic rings. The zero-order chi connectivity index (χ0) is 9.52. The second-order valence-electron chi connectivity index (χ2n) is 2.59. The summed E-state index contributed by atoms with van der Waals surface area (Å²) >= 11 is 0. The molecule has 2 heteroatoms. The van der Waals surface area contributed by atoms with Crippen molar-refractivity contribution < 1.29 is 0 Å². The number of imidazole rings is 1. The zero-order valence-electron chi connectivity index (χ0n) is 8.27. The molecule has 0 bridgehead atoms. The van der Waals surface area contributed by atoms with Crippen molar-refractivity contribution in [1.82, 2.24) is 9.55 Å². The van der Waals surface area contributed by atoms with Crippen molar-refractivity contribution in [2.45, 2.75) is 26.7 Å². The first-order chi connectivity index (χ1) is 6.47. The van der Waals surface area contributed by atoms with Crippen molar-refractivity contribution in [2.75, 3.05) is 0 Å². The monoisotopic (exact) mass is 176 g/mol. The first-order valence-corrected chi connectivity index (χ1v) is 4.81. The number of nitrogens with zero attached hydrogens (tertiary/aromatic N) is 2. The molecule has 1 heterocycles. The molecular formula is C11H16N2. The summed E-state index contributed by atoms with van der Waals surface area (Å²) in [5.41, 5.74) is 1.32. The Balaban J connectivity index is 0.000000396. The smallest absolute Gasteiger partial charge is 0.0989 e. The number of allylic oxidation sites excluding steroid dienone is 4. The molecule has 0 aliphatic heterocycles. The Hall–Kier alpha value is -1.31. The van der Waals surface area contributed by atoms with Crippen molar-refractivity contribution in [1.29, 1.82) is 0 Å². The molecule has 1 aromatic rings. The van der Waals surface area contributed by atoms with E-state index in [2.05, 4.69) is 27.8 Å². The van der Waals surface area contributed by atoms with Gasteiger partial charge in [0.1, 0.15) is 0 Å².